The van der Waals surface area contributed by atoms with Crippen molar-refractivity contribution in [2.75, 3.05) is 19.5 Å². The number of ether oxygens (including phenoxy) is 1. The number of carbonyl (C=O) groups excluding carboxylic acids is 1. The van der Waals surface area contributed by atoms with Crippen LogP contribution in [0.1, 0.15) is 41.3 Å². The van der Waals surface area contributed by atoms with Gasteiger partial charge in [-0.05, 0) is 52.0 Å². The van der Waals surface area contributed by atoms with E-state index in [1.54, 1.807) is 20.4 Å². The van der Waals surface area contributed by atoms with Crippen LogP contribution in [0.25, 0.3) is 16.6 Å². The molecule has 3 aromatic rings. The molecule has 30 heavy (non-hydrogen) atoms. The first-order chi connectivity index (χ1) is 14.3. The molecule has 156 valence electrons. The highest BCUT2D eigenvalue weighted by atomic mass is 16.5. The molecule has 0 aromatic carbocycles. The van der Waals surface area contributed by atoms with Gasteiger partial charge in [0.25, 0.3) is 5.91 Å². The number of anilines is 1. The molecule has 8 heteroatoms. The first-order valence-electron chi connectivity index (χ1n) is 9.52. The lowest BCUT2D eigenvalue weighted by Crippen LogP contribution is -2.13. The molecule has 0 saturated heterocycles. The van der Waals surface area contributed by atoms with E-state index < -0.39 is 0 Å². The van der Waals surface area contributed by atoms with E-state index in [2.05, 4.69) is 30.5 Å². The highest BCUT2D eigenvalue weighted by Gasteiger charge is 2.15. The zero-order valence-corrected chi connectivity index (χ0v) is 18.0. The number of allylic oxidation sites excluding steroid dienone is 4. The number of pyridine rings is 1. The molecule has 0 spiro atoms. The highest BCUT2D eigenvalue weighted by Crippen LogP contribution is 2.24. The number of aromatic nitrogens is 4. The van der Waals surface area contributed by atoms with Gasteiger partial charge in [0.15, 0.2) is 5.69 Å². The summed E-state index contributed by atoms with van der Waals surface area (Å²) in [6.07, 6.45) is 5.47. The van der Waals surface area contributed by atoms with Gasteiger partial charge in [0.05, 0.1) is 24.8 Å². The normalized spacial score (nSPS) is 13.1. The summed E-state index contributed by atoms with van der Waals surface area (Å²) in [5.41, 5.74) is 6.07. The van der Waals surface area contributed by atoms with Gasteiger partial charge in [-0.3, -0.25) is 14.9 Å². The van der Waals surface area contributed by atoms with Gasteiger partial charge in [0.2, 0.25) is 0 Å². The second-order valence-corrected chi connectivity index (χ2v) is 6.99. The first kappa shape index (κ1) is 21.0. The van der Waals surface area contributed by atoms with Crippen molar-refractivity contribution in [2.24, 2.45) is 4.99 Å². The van der Waals surface area contributed by atoms with Gasteiger partial charge in [-0.25, -0.2) is 4.98 Å². The Labute approximate surface area is 175 Å². The van der Waals surface area contributed by atoms with E-state index in [0.29, 0.717) is 11.4 Å². The fraction of sp³-hybridized carbons (Fsp3) is 0.273. The fourth-order valence-electron chi connectivity index (χ4n) is 2.92. The number of methoxy groups -OCH3 is 1. The van der Waals surface area contributed by atoms with Crippen LogP contribution in [-0.4, -0.2) is 45.9 Å². The van der Waals surface area contributed by atoms with Crippen LogP contribution in [0.2, 0.25) is 0 Å². The van der Waals surface area contributed by atoms with Crippen LogP contribution in [0.3, 0.4) is 0 Å². The predicted octanol–water partition coefficient (Wildman–Crippen LogP) is 4.18. The molecule has 0 atom stereocenters. The summed E-state index contributed by atoms with van der Waals surface area (Å²) in [5.74, 6) is 0.517. The van der Waals surface area contributed by atoms with Gasteiger partial charge in [0.1, 0.15) is 5.65 Å². The molecular formula is C22H26N6O2. The highest BCUT2D eigenvalue weighted by molar-refractivity contribution is 6.23. The average Bonchev–Trinajstić information content (AvgIpc) is 3.30. The lowest BCUT2D eigenvalue weighted by Gasteiger charge is -2.04. The number of aliphatic imine (C=N–C) groups is 1. The maximum Gasteiger partial charge on any atom is 0.276 e. The molecule has 3 heterocycles. The summed E-state index contributed by atoms with van der Waals surface area (Å²) in [7, 11) is 3.39. The van der Waals surface area contributed by atoms with Crippen molar-refractivity contribution in [3.63, 3.8) is 0 Å². The van der Waals surface area contributed by atoms with Crippen LogP contribution in [0.15, 0.2) is 41.2 Å². The molecule has 0 bridgehead atoms. The maximum absolute atomic E-state index is 12.5. The van der Waals surface area contributed by atoms with Crippen molar-refractivity contribution in [3.05, 3.63) is 58.9 Å². The third kappa shape index (κ3) is 4.32. The lowest BCUT2D eigenvalue weighted by atomic mass is 10.1. The number of fused-ring (bicyclic) bond motifs is 1. The Hall–Kier alpha value is -3.68. The molecule has 0 unspecified atom stereocenters. The van der Waals surface area contributed by atoms with Crippen LogP contribution in [0.4, 0.5) is 5.69 Å². The van der Waals surface area contributed by atoms with Crippen LogP contribution in [0.5, 0.6) is 0 Å². The number of rotatable bonds is 6. The lowest BCUT2D eigenvalue weighted by molar-refractivity contribution is 0.102. The van der Waals surface area contributed by atoms with Gasteiger partial charge in [-0.15, -0.1) is 0 Å². The number of nitrogens with one attached hydrogen (secondary N) is 3. The molecular weight excluding hydrogens is 380 g/mol. The first-order valence-corrected chi connectivity index (χ1v) is 9.52. The summed E-state index contributed by atoms with van der Waals surface area (Å²) < 4.78 is 5.21. The number of amides is 1. The second kappa shape index (κ2) is 8.77. The monoisotopic (exact) mass is 406 g/mol. The zero-order valence-electron chi connectivity index (χ0n) is 18.0. The summed E-state index contributed by atoms with van der Waals surface area (Å²) >= 11 is 0. The van der Waals surface area contributed by atoms with E-state index in [-0.39, 0.29) is 5.91 Å². The van der Waals surface area contributed by atoms with E-state index in [1.807, 2.05) is 52.0 Å². The molecule has 0 aliphatic carbocycles. The Bertz CT molecular complexity index is 1180. The number of aryl methyl sites for hydroxylation is 1. The molecule has 0 fully saturated rings. The van der Waals surface area contributed by atoms with Crippen LogP contribution < -0.4 is 5.32 Å². The van der Waals surface area contributed by atoms with Gasteiger partial charge in [-0.2, -0.15) is 5.10 Å². The van der Waals surface area contributed by atoms with Gasteiger partial charge >= 0.3 is 0 Å². The molecule has 3 aromatic heterocycles. The molecule has 0 saturated carbocycles. The minimum atomic E-state index is -0.275. The summed E-state index contributed by atoms with van der Waals surface area (Å²) in [6, 6.07) is 3.86. The van der Waals surface area contributed by atoms with E-state index in [0.717, 1.165) is 45.0 Å². The van der Waals surface area contributed by atoms with Crippen molar-refractivity contribution in [3.8, 4) is 0 Å². The minimum absolute atomic E-state index is 0.275. The molecule has 8 nitrogen and oxygen atoms in total. The van der Waals surface area contributed by atoms with Crippen molar-refractivity contribution in [1.82, 2.24) is 20.2 Å². The largest absolute Gasteiger partial charge is 0.501 e. The molecule has 0 aliphatic rings. The summed E-state index contributed by atoms with van der Waals surface area (Å²) in [5, 5.41) is 10.6. The average molecular weight is 406 g/mol. The van der Waals surface area contributed by atoms with Crippen molar-refractivity contribution < 1.29 is 9.53 Å². The van der Waals surface area contributed by atoms with Crippen LogP contribution in [-0.2, 0) is 4.74 Å². The van der Waals surface area contributed by atoms with Crippen LogP contribution in [0, 0.1) is 13.8 Å². The fourth-order valence-corrected chi connectivity index (χ4v) is 2.92. The number of aromatic amines is 2. The molecule has 0 aliphatic heterocycles. The SMILES string of the molecule is CN=C(C)/C(=C\C=C(/C)OC)c1cc2cc(NC(=O)c3n[nH]c(C)c3C)cnc2[nH]1. The Balaban J connectivity index is 1.93. The van der Waals surface area contributed by atoms with E-state index in [4.69, 9.17) is 4.74 Å². The van der Waals surface area contributed by atoms with E-state index >= 15 is 0 Å². The Morgan fingerprint density at radius 3 is 2.63 bits per heavy atom. The smallest absolute Gasteiger partial charge is 0.276 e. The number of H-pyrrole nitrogens is 2. The van der Waals surface area contributed by atoms with E-state index in [1.165, 1.54) is 0 Å². The molecule has 3 rings (SSSR count). The third-order valence-corrected chi connectivity index (χ3v) is 5.02. The third-order valence-electron chi connectivity index (χ3n) is 5.02. The van der Waals surface area contributed by atoms with Crippen molar-refractivity contribution in [1.29, 1.82) is 0 Å². The number of hydrogen-bond acceptors (Lipinski definition) is 5. The van der Waals surface area contributed by atoms with E-state index in [9.17, 15) is 4.79 Å². The zero-order chi connectivity index (χ0) is 21.8. The van der Waals surface area contributed by atoms with Gasteiger partial charge in [0, 0.05) is 40.7 Å². The summed E-state index contributed by atoms with van der Waals surface area (Å²) in [4.78, 5) is 24.6. The number of hydrogen-bond donors (Lipinski definition) is 3. The molecule has 1 amide bonds. The van der Waals surface area contributed by atoms with Crippen molar-refractivity contribution in [2.45, 2.75) is 27.7 Å². The minimum Gasteiger partial charge on any atom is -0.501 e. The topological polar surface area (TPSA) is 108 Å². The quantitative estimate of drug-likeness (QED) is 0.324. The second-order valence-electron chi connectivity index (χ2n) is 6.99. The van der Waals surface area contributed by atoms with Crippen LogP contribution >= 0.6 is 0 Å². The molecule has 0 radical (unpaired) electrons. The van der Waals surface area contributed by atoms with Gasteiger partial charge < -0.3 is 15.0 Å². The predicted molar refractivity (Wildman–Crippen MR) is 120 cm³/mol. The number of carbonyl (C=O) groups is 1. The number of nitrogens with zero attached hydrogens (tertiary/aromatic N) is 3. The maximum atomic E-state index is 12.5. The summed E-state index contributed by atoms with van der Waals surface area (Å²) in [6.45, 7) is 7.57. The Morgan fingerprint density at radius 1 is 1.23 bits per heavy atom. The van der Waals surface area contributed by atoms with Crippen molar-refractivity contribution >= 4 is 33.9 Å². The standard InChI is InChI=1S/C22H26N6O2/c1-12(30-6)7-8-18(15(4)23-5)19-10-16-9-17(11-24-21(16)26-19)25-22(29)20-13(2)14(3)27-28-20/h7-11H,1-6H3,(H,24,26)(H,25,29)(H,27,28)/b12-7+,18-8+,23-15?. The van der Waals surface area contributed by atoms with Gasteiger partial charge in [-0.1, -0.05) is 0 Å². The Kier molecular flexibility index (Phi) is 6.15. The Morgan fingerprint density at radius 2 is 2.00 bits per heavy atom. The molecule has 3 N–H and O–H groups in total.